The van der Waals surface area contributed by atoms with E-state index in [2.05, 4.69) is 15.5 Å². The average Bonchev–Trinajstić information content (AvgIpc) is 2.49. The van der Waals surface area contributed by atoms with E-state index in [9.17, 15) is 9.59 Å². The molecule has 0 radical (unpaired) electrons. The molecular formula is C13H16N4O4. The SMILES string of the molecule is CCC(CCC(=O)O)NC(=O)c1ccccc1ON=[N+]=[N-]. The predicted molar refractivity (Wildman–Crippen MR) is 74.6 cm³/mol. The topological polar surface area (TPSA) is 124 Å². The summed E-state index contributed by atoms with van der Waals surface area (Å²) in [5.74, 6) is -1.17. The Morgan fingerprint density at radius 2 is 2.19 bits per heavy atom. The van der Waals surface area contributed by atoms with Crippen LogP contribution in [0.2, 0.25) is 0 Å². The summed E-state index contributed by atoms with van der Waals surface area (Å²) in [6.07, 6.45) is 0.936. The fraction of sp³-hybridized carbons (Fsp3) is 0.385. The van der Waals surface area contributed by atoms with Crippen LogP contribution in [-0.2, 0) is 4.79 Å². The lowest BCUT2D eigenvalue weighted by Gasteiger charge is -2.16. The Kier molecular flexibility index (Phi) is 6.56. The lowest BCUT2D eigenvalue weighted by atomic mass is 10.1. The predicted octanol–water partition coefficient (Wildman–Crippen LogP) is 2.66. The van der Waals surface area contributed by atoms with Crippen LogP contribution < -0.4 is 10.2 Å². The molecule has 1 rings (SSSR count). The third kappa shape index (κ3) is 5.42. The molecule has 0 aliphatic carbocycles. The Morgan fingerprint density at radius 1 is 1.48 bits per heavy atom. The van der Waals surface area contributed by atoms with Gasteiger partial charge in [0.2, 0.25) is 0 Å². The minimum absolute atomic E-state index is 0.0182. The van der Waals surface area contributed by atoms with Gasteiger partial charge in [-0.3, -0.25) is 9.59 Å². The molecule has 1 aromatic rings. The van der Waals surface area contributed by atoms with Crippen molar-refractivity contribution in [3.8, 4) is 5.75 Å². The van der Waals surface area contributed by atoms with Gasteiger partial charge in [0.1, 0.15) is 11.0 Å². The molecule has 0 heterocycles. The van der Waals surface area contributed by atoms with E-state index in [1.54, 1.807) is 12.1 Å². The lowest BCUT2D eigenvalue weighted by molar-refractivity contribution is -0.137. The van der Waals surface area contributed by atoms with Gasteiger partial charge >= 0.3 is 5.97 Å². The van der Waals surface area contributed by atoms with Crippen LogP contribution >= 0.6 is 0 Å². The van der Waals surface area contributed by atoms with Crippen LogP contribution in [0.25, 0.3) is 10.4 Å². The molecule has 21 heavy (non-hydrogen) atoms. The summed E-state index contributed by atoms with van der Waals surface area (Å²) in [6, 6.07) is 6.07. The van der Waals surface area contributed by atoms with E-state index < -0.39 is 11.9 Å². The highest BCUT2D eigenvalue weighted by Gasteiger charge is 2.16. The molecule has 1 atom stereocenters. The fourth-order valence-corrected chi connectivity index (χ4v) is 1.74. The first kappa shape index (κ1) is 16.3. The maximum atomic E-state index is 12.2. The number of nitrogens with zero attached hydrogens (tertiary/aromatic N) is 3. The van der Waals surface area contributed by atoms with Gasteiger partial charge in [-0.25, -0.2) is 0 Å². The van der Waals surface area contributed by atoms with E-state index in [0.717, 1.165) is 0 Å². The Balaban J connectivity index is 2.77. The summed E-state index contributed by atoms with van der Waals surface area (Å²) >= 11 is 0. The summed E-state index contributed by atoms with van der Waals surface area (Å²) in [7, 11) is 0. The molecule has 0 aliphatic heterocycles. The van der Waals surface area contributed by atoms with E-state index in [0.29, 0.717) is 12.8 Å². The van der Waals surface area contributed by atoms with E-state index in [1.165, 1.54) is 12.1 Å². The fourth-order valence-electron chi connectivity index (χ4n) is 1.74. The number of amides is 1. The molecule has 0 aliphatic rings. The molecule has 1 amide bonds. The van der Waals surface area contributed by atoms with Crippen LogP contribution in [0.4, 0.5) is 0 Å². The van der Waals surface area contributed by atoms with Gasteiger partial charge < -0.3 is 15.3 Å². The van der Waals surface area contributed by atoms with Gasteiger partial charge in [0, 0.05) is 17.4 Å². The van der Waals surface area contributed by atoms with Gasteiger partial charge in [0.15, 0.2) is 0 Å². The molecular weight excluding hydrogens is 276 g/mol. The summed E-state index contributed by atoms with van der Waals surface area (Å²) in [6.45, 7) is 1.86. The Bertz CT molecular complexity index is 555. The van der Waals surface area contributed by atoms with Crippen molar-refractivity contribution >= 4 is 11.9 Å². The highest BCUT2D eigenvalue weighted by atomic mass is 16.6. The average molecular weight is 292 g/mol. The van der Waals surface area contributed by atoms with Gasteiger partial charge in [-0.05, 0) is 30.5 Å². The van der Waals surface area contributed by atoms with Crippen molar-refractivity contribution in [2.75, 3.05) is 0 Å². The number of azide groups is 1. The van der Waals surface area contributed by atoms with Gasteiger partial charge in [0.05, 0.1) is 5.56 Å². The first-order valence-electron chi connectivity index (χ1n) is 6.41. The molecule has 8 heteroatoms. The molecule has 0 saturated carbocycles. The number of rotatable bonds is 8. The highest BCUT2D eigenvalue weighted by Crippen LogP contribution is 2.18. The molecule has 0 fully saturated rings. The van der Waals surface area contributed by atoms with E-state index >= 15 is 0 Å². The van der Waals surface area contributed by atoms with Crippen molar-refractivity contribution in [3.63, 3.8) is 0 Å². The highest BCUT2D eigenvalue weighted by molar-refractivity contribution is 5.97. The minimum atomic E-state index is -0.908. The second kappa shape index (κ2) is 8.44. The second-order valence-electron chi connectivity index (χ2n) is 4.27. The van der Waals surface area contributed by atoms with Crippen molar-refractivity contribution in [3.05, 3.63) is 40.3 Å². The standard InChI is InChI=1S/C13H16N4O4/c1-2-9(7-8-12(18)19)15-13(20)10-5-3-4-6-11(10)21-17-16-14/h3-6,9H,2,7-8H2,1H3,(H,15,20)(H,18,19). The van der Waals surface area contributed by atoms with Crippen LogP contribution in [0.15, 0.2) is 29.5 Å². The monoisotopic (exact) mass is 292 g/mol. The number of benzene rings is 1. The molecule has 0 spiro atoms. The van der Waals surface area contributed by atoms with E-state index in [4.69, 9.17) is 15.5 Å². The van der Waals surface area contributed by atoms with Crippen molar-refractivity contribution in [1.82, 2.24) is 5.32 Å². The summed E-state index contributed by atoms with van der Waals surface area (Å²) in [5.41, 5.74) is 8.46. The molecule has 112 valence electrons. The van der Waals surface area contributed by atoms with Crippen LogP contribution in [0, 0.1) is 0 Å². The number of para-hydroxylation sites is 1. The Hall–Kier alpha value is -2.73. The Labute approximate surface area is 121 Å². The zero-order valence-corrected chi connectivity index (χ0v) is 11.5. The van der Waals surface area contributed by atoms with Crippen LogP contribution in [0.5, 0.6) is 5.75 Å². The quantitative estimate of drug-likeness (QED) is 0.330. The molecule has 0 bridgehead atoms. The van der Waals surface area contributed by atoms with Gasteiger partial charge in [-0.15, -0.1) is 0 Å². The van der Waals surface area contributed by atoms with Gasteiger partial charge in [0.25, 0.3) is 5.91 Å². The number of aliphatic carboxylic acids is 1. The molecule has 0 saturated heterocycles. The van der Waals surface area contributed by atoms with Gasteiger partial charge in [-0.2, -0.15) is 0 Å². The molecule has 8 nitrogen and oxygen atoms in total. The molecule has 2 N–H and O–H groups in total. The number of carbonyl (C=O) groups excluding carboxylic acids is 1. The number of carboxylic acid groups (broad SMARTS) is 1. The first-order chi connectivity index (χ1) is 10.1. The molecule has 1 aromatic carbocycles. The number of carboxylic acids is 1. The van der Waals surface area contributed by atoms with Gasteiger partial charge in [-0.1, -0.05) is 19.1 Å². The second-order valence-corrected chi connectivity index (χ2v) is 4.27. The minimum Gasteiger partial charge on any atom is -0.481 e. The number of nitrogens with one attached hydrogen (secondary N) is 1. The summed E-state index contributed by atoms with van der Waals surface area (Å²) in [5, 5.41) is 14.4. The zero-order chi connectivity index (χ0) is 15.7. The third-order valence-corrected chi connectivity index (χ3v) is 2.84. The zero-order valence-electron chi connectivity index (χ0n) is 11.5. The molecule has 0 aromatic heterocycles. The van der Waals surface area contributed by atoms with Crippen LogP contribution in [-0.4, -0.2) is 23.0 Å². The summed E-state index contributed by atoms with van der Waals surface area (Å²) in [4.78, 5) is 30.0. The van der Waals surface area contributed by atoms with E-state index in [1.807, 2.05) is 6.92 Å². The van der Waals surface area contributed by atoms with Crippen LogP contribution in [0.3, 0.4) is 0 Å². The smallest absolute Gasteiger partial charge is 0.303 e. The lowest BCUT2D eigenvalue weighted by Crippen LogP contribution is -2.35. The number of carbonyl (C=O) groups is 2. The van der Waals surface area contributed by atoms with Crippen molar-refractivity contribution < 1.29 is 19.5 Å². The summed E-state index contributed by atoms with van der Waals surface area (Å²) < 4.78 is 0. The largest absolute Gasteiger partial charge is 0.481 e. The van der Waals surface area contributed by atoms with Crippen molar-refractivity contribution in [2.24, 2.45) is 5.28 Å². The van der Waals surface area contributed by atoms with Crippen LogP contribution in [0.1, 0.15) is 36.5 Å². The maximum absolute atomic E-state index is 12.2. The third-order valence-electron chi connectivity index (χ3n) is 2.84. The molecule has 1 unspecified atom stereocenters. The Morgan fingerprint density at radius 3 is 2.81 bits per heavy atom. The maximum Gasteiger partial charge on any atom is 0.303 e. The number of hydrogen-bond acceptors (Lipinski definition) is 4. The normalized spacial score (nSPS) is 11.1. The number of hydrogen-bond donors (Lipinski definition) is 2. The van der Waals surface area contributed by atoms with Crippen molar-refractivity contribution in [2.45, 2.75) is 32.2 Å². The van der Waals surface area contributed by atoms with Crippen molar-refractivity contribution in [1.29, 1.82) is 0 Å². The van der Waals surface area contributed by atoms with E-state index in [-0.39, 0.29) is 23.8 Å². The first-order valence-corrected chi connectivity index (χ1v) is 6.41.